The van der Waals surface area contributed by atoms with Gasteiger partial charge >= 0.3 is 12.0 Å². The molecule has 1 aromatic heterocycles. The van der Waals surface area contributed by atoms with Crippen LogP contribution in [0.15, 0.2) is 53.9 Å². The molecule has 0 saturated heterocycles. The Kier molecular flexibility index (Phi) is 7.76. The zero-order valence-corrected chi connectivity index (χ0v) is 18.2. The zero-order chi connectivity index (χ0) is 22.9. The summed E-state index contributed by atoms with van der Waals surface area (Å²) in [5, 5.41) is 6.75. The van der Waals surface area contributed by atoms with E-state index >= 15 is 0 Å². The molecule has 0 fully saturated rings. The van der Waals surface area contributed by atoms with Crippen LogP contribution in [-0.2, 0) is 16.1 Å². The first-order valence-electron chi connectivity index (χ1n) is 9.47. The molecule has 0 radical (unpaired) electrons. The zero-order valence-electron chi connectivity index (χ0n) is 17.4. The molecule has 3 rings (SSSR count). The van der Waals surface area contributed by atoms with Gasteiger partial charge in [-0.05, 0) is 23.8 Å². The monoisotopic (exact) mass is 455 g/mol. The SMILES string of the molecule is COc1ccc(-c2nc(C(=O)OCC(=O)NC(=O)NCc3ccccc3)cs2)cc1OC. The van der Waals surface area contributed by atoms with E-state index in [1.165, 1.54) is 30.9 Å². The third-order valence-electron chi connectivity index (χ3n) is 4.23. The summed E-state index contributed by atoms with van der Waals surface area (Å²) in [6.45, 7) is -0.349. The smallest absolute Gasteiger partial charge is 0.358 e. The van der Waals surface area contributed by atoms with Gasteiger partial charge in [0.1, 0.15) is 5.01 Å². The van der Waals surface area contributed by atoms with Crippen molar-refractivity contribution in [3.63, 3.8) is 0 Å². The predicted octanol–water partition coefficient (Wildman–Crippen LogP) is 3.01. The minimum Gasteiger partial charge on any atom is -0.493 e. The van der Waals surface area contributed by atoms with E-state index in [-0.39, 0.29) is 12.2 Å². The van der Waals surface area contributed by atoms with Gasteiger partial charge in [-0.15, -0.1) is 11.3 Å². The third kappa shape index (κ3) is 6.05. The fourth-order valence-corrected chi connectivity index (χ4v) is 3.45. The van der Waals surface area contributed by atoms with E-state index < -0.39 is 24.5 Å². The maximum absolute atomic E-state index is 12.2. The standard InChI is InChI=1S/C22H21N3O6S/c1-29-17-9-8-15(10-18(17)30-2)20-24-16(13-32-20)21(27)31-12-19(26)25-22(28)23-11-14-6-4-3-5-7-14/h3-10,13H,11-12H2,1-2H3,(H2,23,25,26,28). The Morgan fingerprint density at radius 1 is 1.00 bits per heavy atom. The highest BCUT2D eigenvalue weighted by molar-refractivity contribution is 7.13. The van der Waals surface area contributed by atoms with Crippen molar-refractivity contribution in [1.82, 2.24) is 15.6 Å². The van der Waals surface area contributed by atoms with Crippen molar-refractivity contribution in [3.8, 4) is 22.1 Å². The highest BCUT2D eigenvalue weighted by Crippen LogP contribution is 2.33. The maximum atomic E-state index is 12.2. The Balaban J connectivity index is 1.49. The summed E-state index contributed by atoms with van der Waals surface area (Å²) in [6, 6.07) is 13.8. The van der Waals surface area contributed by atoms with Crippen LogP contribution in [0.4, 0.5) is 4.79 Å². The second-order valence-corrected chi connectivity index (χ2v) is 7.26. The van der Waals surface area contributed by atoms with Crippen molar-refractivity contribution in [2.75, 3.05) is 20.8 Å². The van der Waals surface area contributed by atoms with Crippen molar-refractivity contribution in [2.24, 2.45) is 0 Å². The fraction of sp³-hybridized carbons (Fsp3) is 0.182. The molecule has 0 aliphatic heterocycles. The first kappa shape index (κ1) is 22.8. The minimum atomic E-state index is -0.771. The number of benzene rings is 2. The number of hydrogen-bond donors (Lipinski definition) is 2. The lowest BCUT2D eigenvalue weighted by Gasteiger charge is -2.08. The number of methoxy groups -OCH3 is 2. The molecular weight excluding hydrogens is 434 g/mol. The van der Waals surface area contributed by atoms with Crippen LogP contribution >= 0.6 is 11.3 Å². The van der Waals surface area contributed by atoms with E-state index in [2.05, 4.69) is 15.6 Å². The molecule has 2 aromatic carbocycles. The van der Waals surface area contributed by atoms with Gasteiger partial charge in [-0.25, -0.2) is 14.6 Å². The number of amides is 3. The van der Waals surface area contributed by atoms with E-state index in [4.69, 9.17) is 14.2 Å². The summed E-state index contributed by atoms with van der Waals surface area (Å²) < 4.78 is 15.4. The lowest BCUT2D eigenvalue weighted by molar-refractivity contribution is -0.123. The average molecular weight is 455 g/mol. The summed E-state index contributed by atoms with van der Waals surface area (Å²) in [5.41, 5.74) is 1.68. The second-order valence-electron chi connectivity index (χ2n) is 6.40. The Morgan fingerprint density at radius 2 is 1.75 bits per heavy atom. The lowest BCUT2D eigenvalue weighted by atomic mass is 10.2. The number of rotatable bonds is 8. The molecule has 0 atom stereocenters. The normalized spacial score (nSPS) is 10.2. The van der Waals surface area contributed by atoms with E-state index in [0.717, 1.165) is 11.1 Å². The number of carbonyl (C=O) groups excluding carboxylic acids is 3. The van der Waals surface area contributed by atoms with Crippen LogP contribution in [0.25, 0.3) is 10.6 Å². The molecule has 9 nitrogen and oxygen atoms in total. The molecule has 0 spiro atoms. The number of thiazole rings is 1. The van der Waals surface area contributed by atoms with Gasteiger partial charge in [-0.1, -0.05) is 30.3 Å². The molecule has 0 saturated carbocycles. The summed E-state index contributed by atoms with van der Waals surface area (Å²) in [5.74, 6) is -0.412. The number of carbonyl (C=O) groups is 3. The topological polar surface area (TPSA) is 116 Å². The van der Waals surface area contributed by atoms with Gasteiger partial charge in [-0.3, -0.25) is 10.1 Å². The third-order valence-corrected chi connectivity index (χ3v) is 5.12. The van der Waals surface area contributed by atoms with Crippen LogP contribution in [0, 0.1) is 0 Å². The van der Waals surface area contributed by atoms with Crippen molar-refractivity contribution in [1.29, 1.82) is 0 Å². The number of imide groups is 1. The molecular formula is C22H21N3O6S. The summed E-state index contributed by atoms with van der Waals surface area (Å²) in [4.78, 5) is 40.1. The van der Waals surface area contributed by atoms with E-state index in [9.17, 15) is 14.4 Å². The van der Waals surface area contributed by atoms with E-state index in [0.29, 0.717) is 16.5 Å². The minimum absolute atomic E-state index is 0.0566. The first-order valence-corrected chi connectivity index (χ1v) is 10.3. The van der Waals surface area contributed by atoms with Crippen LogP contribution < -0.4 is 20.1 Å². The van der Waals surface area contributed by atoms with E-state index in [1.807, 2.05) is 30.3 Å². The average Bonchev–Trinajstić information content (AvgIpc) is 3.32. The number of aromatic nitrogens is 1. The molecule has 3 aromatic rings. The summed E-state index contributed by atoms with van der Waals surface area (Å²) in [7, 11) is 3.07. The molecule has 0 unspecified atom stereocenters. The maximum Gasteiger partial charge on any atom is 0.358 e. The Bertz CT molecular complexity index is 1100. The number of nitrogens with one attached hydrogen (secondary N) is 2. The molecule has 3 amide bonds. The van der Waals surface area contributed by atoms with Crippen LogP contribution in [-0.4, -0.2) is 43.7 Å². The van der Waals surface area contributed by atoms with Gasteiger partial charge in [0.15, 0.2) is 23.8 Å². The Morgan fingerprint density at radius 3 is 2.47 bits per heavy atom. The molecule has 32 heavy (non-hydrogen) atoms. The molecule has 166 valence electrons. The van der Waals surface area contributed by atoms with Gasteiger partial charge in [-0.2, -0.15) is 0 Å². The van der Waals surface area contributed by atoms with Gasteiger partial charge in [0, 0.05) is 17.5 Å². The molecule has 0 aliphatic carbocycles. The highest BCUT2D eigenvalue weighted by Gasteiger charge is 2.17. The summed E-state index contributed by atoms with van der Waals surface area (Å²) in [6.07, 6.45) is 0. The molecule has 1 heterocycles. The largest absolute Gasteiger partial charge is 0.493 e. The van der Waals surface area contributed by atoms with Gasteiger partial charge in [0.05, 0.1) is 14.2 Å². The van der Waals surface area contributed by atoms with Crippen LogP contribution in [0.5, 0.6) is 11.5 Å². The number of esters is 1. The van der Waals surface area contributed by atoms with Crippen molar-refractivity contribution < 1.29 is 28.6 Å². The summed E-state index contributed by atoms with van der Waals surface area (Å²) >= 11 is 1.24. The molecule has 2 N–H and O–H groups in total. The highest BCUT2D eigenvalue weighted by atomic mass is 32.1. The molecule has 0 bridgehead atoms. The van der Waals surface area contributed by atoms with Crippen molar-refractivity contribution >= 4 is 29.2 Å². The number of ether oxygens (including phenoxy) is 3. The Labute approximate surface area is 188 Å². The lowest BCUT2D eigenvalue weighted by Crippen LogP contribution is -2.41. The fourth-order valence-electron chi connectivity index (χ4n) is 2.66. The molecule has 0 aliphatic rings. The van der Waals surface area contributed by atoms with Gasteiger partial charge in [0.2, 0.25) is 0 Å². The van der Waals surface area contributed by atoms with Crippen LogP contribution in [0.3, 0.4) is 0 Å². The number of urea groups is 1. The first-order chi connectivity index (χ1) is 15.5. The van der Waals surface area contributed by atoms with E-state index in [1.54, 1.807) is 18.2 Å². The number of nitrogens with zero attached hydrogens (tertiary/aromatic N) is 1. The van der Waals surface area contributed by atoms with Crippen molar-refractivity contribution in [2.45, 2.75) is 6.54 Å². The van der Waals surface area contributed by atoms with Crippen LogP contribution in [0.2, 0.25) is 0 Å². The quantitative estimate of drug-likeness (QED) is 0.502. The van der Waals surface area contributed by atoms with Gasteiger partial charge < -0.3 is 19.5 Å². The predicted molar refractivity (Wildman–Crippen MR) is 118 cm³/mol. The Hall–Kier alpha value is -3.92. The second kappa shape index (κ2) is 10.9. The van der Waals surface area contributed by atoms with Crippen molar-refractivity contribution in [3.05, 3.63) is 65.2 Å². The van der Waals surface area contributed by atoms with Crippen LogP contribution in [0.1, 0.15) is 16.1 Å². The van der Waals surface area contributed by atoms with Gasteiger partial charge in [0.25, 0.3) is 5.91 Å². The number of hydrogen-bond acceptors (Lipinski definition) is 8. The molecule has 10 heteroatoms.